The van der Waals surface area contributed by atoms with Crippen LogP contribution in [0.3, 0.4) is 0 Å². The van der Waals surface area contributed by atoms with Crippen molar-refractivity contribution in [3.63, 3.8) is 0 Å². The van der Waals surface area contributed by atoms with Crippen LogP contribution in [0.1, 0.15) is 36.5 Å². The highest BCUT2D eigenvalue weighted by atomic mass is 16.3. The fourth-order valence-corrected chi connectivity index (χ4v) is 2.49. The number of hydrogen-bond donors (Lipinski definition) is 2. The van der Waals surface area contributed by atoms with E-state index in [1.165, 1.54) is 0 Å². The Morgan fingerprint density at radius 3 is 2.27 bits per heavy atom. The Bertz CT molecular complexity index is 392. The van der Waals surface area contributed by atoms with Crippen molar-refractivity contribution in [3.8, 4) is 5.75 Å². The minimum atomic E-state index is 0.0419. The maximum atomic E-state index is 10.1. The van der Waals surface area contributed by atoms with Gasteiger partial charge in [-0.2, -0.15) is 0 Å². The maximum Gasteiger partial charge on any atom is 0.122 e. The zero-order chi connectivity index (χ0) is 11.2. The van der Waals surface area contributed by atoms with Crippen molar-refractivity contribution in [1.29, 1.82) is 0 Å². The van der Waals surface area contributed by atoms with E-state index in [0.717, 1.165) is 29.5 Å². The average molecular weight is 205 g/mol. The van der Waals surface area contributed by atoms with Gasteiger partial charge in [-0.15, -0.1) is 0 Å². The second kappa shape index (κ2) is 3.24. The molecule has 1 aromatic rings. The lowest BCUT2D eigenvalue weighted by atomic mass is 9.84. The van der Waals surface area contributed by atoms with E-state index >= 15 is 0 Å². The number of aryl methyl sites for hydroxylation is 2. The van der Waals surface area contributed by atoms with E-state index in [4.69, 9.17) is 5.73 Å². The van der Waals surface area contributed by atoms with Gasteiger partial charge in [-0.1, -0.05) is 12.1 Å². The number of hydrogen-bond acceptors (Lipinski definition) is 2. The highest BCUT2D eigenvalue weighted by Crippen LogP contribution is 2.54. The third-order valence-electron chi connectivity index (χ3n) is 3.75. The van der Waals surface area contributed by atoms with Crippen LogP contribution in [0.5, 0.6) is 5.75 Å². The van der Waals surface area contributed by atoms with Gasteiger partial charge in [0, 0.05) is 17.0 Å². The summed E-state index contributed by atoms with van der Waals surface area (Å²) < 4.78 is 0. The minimum absolute atomic E-state index is 0.0419. The Morgan fingerprint density at radius 1 is 1.27 bits per heavy atom. The molecule has 15 heavy (non-hydrogen) atoms. The Hall–Kier alpha value is -1.02. The summed E-state index contributed by atoms with van der Waals surface area (Å²) in [5.74, 6) is 0.449. The molecule has 0 amide bonds. The van der Waals surface area contributed by atoms with Crippen LogP contribution in [0.15, 0.2) is 12.1 Å². The molecule has 1 fully saturated rings. The first-order valence-corrected chi connectivity index (χ1v) is 5.54. The molecule has 2 nitrogen and oxygen atoms in total. The molecule has 0 bridgehead atoms. The summed E-state index contributed by atoms with van der Waals surface area (Å²) in [7, 11) is 0. The third kappa shape index (κ3) is 1.44. The van der Waals surface area contributed by atoms with Crippen molar-refractivity contribution in [3.05, 3.63) is 28.8 Å². The molecule has 0 saturated heterocycles. The van der Waals surface area contributed by atoms with Crippen LogP contribution >= 0.6 is 0 Å². The quantitative estimate of drug-likeness (QED) is 0.778. The topological polar surface area (TPSA) is 46.2 Å². The molecule has 1 aromatic carbocycles. The Balaban J connectivity index is 2.57. The van der Waals surface area contributed by atoms with Crippen LogP contribution in [0.2, 0.25) is 0 Å². The predicted molar refractivity (Wildman–Crippen MR) is 62.1 cm³/mol. The Labute approximate surface area is 91.1 Å². The first-order valence-electron chi connectivity index (χ1n) is 5.54. The summed E-state index contributed by atoms with van der Waals surface area (Å²) in [5.41, 5.74) is 9.27. The molecule has 1 atom stereocenters. The van der Waals surface area contributed by atoms with E-state index in [-0.39, 0.29) is 11.5 Å². The van der Waals surface area contributed by atoms with Gasteiger partial charge in [0.25, 0.3) is 0 Å². The van der Waals surface area contributed by atoms with Gasteiger partial charge in [0.15, 0.2) is 0 Å². The van der Waals surface area contributed by atoms with Crippen LogP contribution in [0.4, 0.5) is 0 Å². The molecule has 1 aliphatic carbocycles. The van der Waals surface area contributed by atoms with Gasteiger partial charge >= 0.3 is 0 Å². The Kier molecular flexibility index (Phi) is 2.27. The molecule has 1 unspecified atom stereocenters. The van der Waals surface area contributed by atoms with Crippen molar-refractivity contribution < 1.29 is 5.11 Å². The van der Waals surface area contributed by atoms with Crippen molar-refractivity contribution in [2.75, 3.05) is 0 Å². The van der Waals surface area contributed by atoms with Gasteiger partial charge in [0.2, 0.25) is 0 Å². The summed E-state index contributed by atoms with van der Waals surface area (Å²) in [6, 6.07) is 4.15. The van der Waals surface area contributed by atoms with Crippen LogP contribution in [-0.4, -0.2) is 11.1 Å². The van der Waals surface area contributed by atoms with Gasteiger partial charge in [-0.25, -0.2) is 0 Å². The van der Waals surface area contributed by atoms with Gasteiger partial charge in [0.1, 0.15) is 5.75 Å². The smallest absolute Gasteiger partial charge is 0.122 e. The molecule has 1 saturated carbocycles. The number of benzene rings is 1. The van der Waals surface area contributed by atoms with Gasteiger partial charge < -0.3 is 10.8 Å². The number of phenols is 1. The summed E-state index contributed by atoms with van der Waals surface area (Å²) in [6.45, 7) is 6.03. The molecule has 0 aliphatic heterocycles. The number of aromatic hydroxyl groups is 1. The zero-order valence-electron chi connectivity index (χ0n) is 9.67. The normalized spacial score (nSPS) is 20.0. The molecule has 0 heterocycles. The third-order valence-corrected chi connectivity index (χ3v) is 3.75. The van der Waals surface area contributed by atoms with Gasteiger partial charge in [-0.05, 0) is 44.7 Å². The fraction of sp³-hybridized carbons (Fsp3) is 0.538. The summed E-state index contributed by atoms with van der Waals surface area (Å²) >= 11 is 0. The molecule has 0 spiro atoms. The lowest BCUT2D eigenvalue weighted by Gasteiger charge is -2.24. The van der Waals surface area contributed by atoms with Crippen LogP contribution in [0.25, 0.3) is 0 Å². The average Bonchev–Trinajstić information content (AvgIpc) is 2.93. The minimum Gasteiger partial charge on any atom is -0.507 e. The SMILES string of the molecule is Cc1ccc(C)c(C2(C(C)N)CC2)c1O. The highest BCUT2D eigenvalue weighted by Gasteiger charge is 2.49. The molecular formula is C13H19NO. The van der Waals surface area contributed by atoms with E-state index in [9.17, 15) is 5.11 Å². The van der Waals surface area contributed by atoms with E-state index in [1.807, 2.05) is 19.9 Å². The largest absolute Gasteiger partial charge is 0.507 e. The monoisotopic (exact) mass is 205 g/mol. The molecule has 1 aliphatic rings. The molecular weight excluding hydrogens is 186 g/mol. The molecule has 0 radical (unpaired) electrons. The van der Waals surface area contributed by atoms with Crippen molar-refractivity contribution >= 4 is 0 Å². The number of nitrogens with two attached hydrogens (primary N) is 1. The van der Waals surface area contributed by atoms with E-state index < -0.39 is 0 Å². The van der Waals surface area contributed by atoms with Gasteiger partial charge in [-0.3, -0.25) is 0 Å². The molecule has 3 N–H and O–H groups in total. The maximum absolute atomic E-state index is 10.1. The zero-order valence-corrected chi connectivity index (χ0v) is 9.67. The van der Waals surface area contributed by atoms with Crippen LogP contribution in [0, 0.1) is 13.8 Å². The number of phenolic OH excluding ortho intramolecular Hbond substituents is 1. The van der Waals surface area contributed by atoms with Crippen LogP contribution in [-0.2, 0) is 5.41 Å². The second-order valence-electron chi connectivity index (χ2n) is 4.87. The highest BCUT2D eigenvalue weighted by molar-refractivity contribution is 5.52. The standard InChI is InChI=1S/C13H19NO/c1-8-4-5-9(2)12(15)11(8)13(6-7-13)10(3)14/h4-5,10,15H,6-7,14H2,1-3H3. The Morgan fingerprint density at radius 2 is 1.80 bits per heavy atom. The summed E-state index contributed by atoms with van der Waals surface area (Å²) in [6.07, 6.45) is 2.20. The van der Waals surface area contributed by atoms with Crippen molar-refractivity contribution in [1.82, 2.24) is 0 Å². The second-order valence-corrected chi connectivity index (χ2v) is 4.87. The molecule has 2 rings (SSSR count). The predicted octanol–water partition coefficient (Wildman–Crippen LogP) is 2.39. The van der Waals surface area contributed by atoms with E-state index in [0.29, 0.717) is 5.75 Å². The fourth-order valence-electron chi connectivity index (χ4n) is 2.49. The van der Waals surface area contributed by atoms with Crippen molar-refractivity contribution in [2.45, 2.75) is 45.1 Å². The van der Waals surface area contributed by atoms with E-state index in [1.54, 1.807) is 0 Å². The lowest BCUT2D eigenvalue weighted by molar-refractivity contribution is 0.441. The first kappa shape index (κ1) is 10.5. The summed E-state index contributed by atoms with van der Waals surface area (Å²) in [4.78, 5) is 0. The number of rotatable bonds is 2. The first-order chi connectivity index (χ1) is 6.99. The van der Waals surface area contributed by atoms with Crippen LogP contribution < -0.4 is 5.73 Å². The van der Waals surface area contributed by atoms with Crippen molar-refractivity contribution in [2.24, 2.45) is 5.73 Å². The van der Waals surface area contributed by atoms with Gasteiger partial charge in [0.05, 0.1) is 0 Å². The molecule has 2 heteroatoms. The lowest BCUT2D eigenvalue weighted by Crippen LogP contribution is -2.32. The van der Waals surface area contributed by atoms with E-state index in [2.05, 4.69) is 13.0 Å². The molecule has 0 aromatic heterocycles. The molecule has 82 valence electrons. The summed E-state index contributed by atoms with van der Waals surface area (Å²) in [5, 5.41) is 10.1.